The number of amides is 1. The standard InChI is InChI=1S/C30H33N3O5/c34-20-23-10-6-11-24(18-23)29-26-19-25(13-14-27(26)33(32-29)28-12-4-5-16-37-28)36-17-7-15-31-30(35)38-21-22-8-2-1-3-9-22/h1-3,6,8-11,13-14,18-19,28,34H,4-5,7,12,15-17,20-21H2,(H,31,35). The Balaban J connectivity index is 1.23. The highest BCUT2D eigenvalue weighted by molar-refractivity contribution is 5.94. The normalized spacial score (nSPS) is 15.3. The summed E-state index contributed by atoms with van der Waals surface area (Å²) in [6.07, 6.45) is 3.20. The number of carbonyl (C=O) groups excluding carboxylic acids is 1. The number of fused-ring (bicyclic) bond motifs is 1. The molecule has 1 saturated heterocycles. The lowest BCUT2D eigenvalue weighted by Crippen LogP contribution is -2.26. The van der Waals surface area contributed by atoms with Crippen molar-refractivity contribution in [3.63, 3.8) is 0 Å². The molecule has 3 aromatic carbocycles. The number of alkyl carbamates (subject to hydrolysis) is 1. The molecule has 8 heteroatoms. The van der Waals surface area contributed by atoms with Gasteiger partial charge in [-0.25, -0.2) is 9.48 Å². The van der Waals surface area contributed by atoms with Crippen molar-refractivity contribution in [3.05, 3.63) is 83.9 Å². The van der Waals surface area contributed by atoms with Crippen LogP contribution >= 0.6 is 0 Å². The number of benzene rings is 3. The van der Waals surface area contributed by atoms with Gasteiger partial charge in [0, 0.05) is 24.1 Å². The Morgan fingerprint density at radius 3 is 2.74 bits per heavy atom. The van der Waals surface area contributed by atoms with Crippen LogP contribution in [0.5, 0.6) is 5.75 Å². The first kappa shape index (κ1) is 25.8. The second kappa shape index (κ2) is 12.6. The topological polar surface area (TPSA) is 94.8 Å². The number of nitrogens with zero attached hydrogens (tertiary/aromatic N) is 2. The van der Waals surface area contributed by atoms with E-state index in [2.05, 4.69) is 5.32 Å². The van der Waals surface area contributed by atoms with Crippen LogP contribution in [0.2, 0.25) is 0 Å². The van der Waals surface area contributed by atoms with Crippen molar-refractivity contribution in [2.24, 2.45) is 0 Å². The van der Waals surface area contributed by atoms with Gasteiger partial charge in [0.15, 0.2) is 6.23 Å². The van der Waals surface area contributed by atoms with E-state index < -0.39 is 6.09 Å². The van der Waals surface area contributed by atoms with Gasteiger partial charge in [-0.15, -0.1) is 0 Å². The average molecular weight is 516 g/mol. The summed E-state index contributed by atoms with van der Waals surface area (Å²) >= 11 is 0. The van der Waals surface area contributed by atoms with Crippen LogP contribution in [0.3, 0.4) is 0 Å². The molecule has 1 fully saturated rings. The number of rotatable bonds is 10. The number of ether oxygens (including phenoxy) is 3. The predicted molar refractivity (Wildman–Crippen MR) is 145 cm³/mol. The van der Waals surface area contributed by atoms with Crippen molar-refractivity contribution >= 4 is 17.0 Å². The molecule has 1 atom stereocenters. The van der Waals surface area contributed by atoms with Gasteiger partial charge in [0.1, 0.15) is 18.1 Å². The molecule has 1 aromatic heterocycles. The summed E-state index contributed by atoms with van der Waals surface area (Å²) in [5.74, 6) is 0.729. The molecule has 1 aliphatic rings. The zero-order valence-electron chi connectivity index (χ0n) is 21.3. The second-order valence-corrected chi connectivity index (χ2v) is 9.34. The molecular weight excluding hydrogens is 482 g/mol. The molecule has 8 nitrogen and oxygen atoms in total. The van der Waals surface area contributed by atoms with E-state index in [-0.39, 0.29) is 19.4 Å². The van der Waals surface area contributed by atoms with E-state index in [9.17, 15) is 9.90 Å². The van der Waals surface area contributed by atoms with E-state index in [1.54, 1.807) is 0 Å². The van der Waals surface area contributed by atoms with Gasteiger partial charge in [-0.1, -0.05) is 48.5 Å². The fourth-order valence-electron chi connectivity index (χ4n) is 4.60. The first-order chi connectivity index (χ1) is 18.7. The molecule has 198 valence electrons. The van der Waals surface area contributed by atoms with Crippen molar-refractivity contribution in [1.82, 2.24) is 15.1 Å². The second-order valence-electron chi connectivity index (χ2n) is 9.34. The zero-order chi connectivity index (χ0) is 26.2. The Morgan fingerprint density at radius 2 is 1.92 bits per heavy atom. The molecule has 0 radical (unpaired) electrons. The van der Waals surface area contributed by atoms with Crippen molar-refractivity contribution in [3.8, 4) is 17.0 Å². The molecule has 1 aliphatic heterocycles. The Morgan fingerprint density at radius 1 is 1.05 bits per heavy atom. The fourth-order valence-corrected chi connectivity index (χ4v) is 4.60. The van der Waals surface area contributed by atoms with Crippen LogP contribution in [0, 0.1) is 0 Å². The summed E-state index contributed by atoms with van der Waals surface area (Å²) in [4.78, 5) is 11.9. The van der Waals surface area contributed by atoms with Crippen LogP contribution in [0.25, 0.3) is 22.2 Å². The minimum Gasteiger partial charge on any atom is -0.494 e. The van der Waals surface area contributed by atoms with Gasteiger partial charge in [-0.05, 0) is 61.1 Å². The summed E-state index contributed by atoms with van der Waals surface area (Å²) in [5.41, 5.74) is 4.53. The summed E-state index contributed by atoms with van der Waals surface area (Å²) in [6, 6.07) is 23.3. The maximum Gasteiger partial charge on any atom is 0.407 e. The molecule has 2 heterocycles. The number of hydrogen-bond donors (Lipinski definition) is 2. The van der Waals surface area contributed by atoms with Crippen molar-refractivity contribution in [1.29, 1.82) is 0 Å². The minimum atomic E-state index is -0.442. The van der Waals surface area contributed by atoms with Crippen molar-refractivity contribution in [2.45, 2.75) is 45.1 Å². The van der Waals surface area contributed by atoms with Gasteiger partial charge >= 0.3 is 6.09 Å². The molecule has 5 rings (SSSR count). The van der Waals surface area contributed by atoms with Crippen LogP contribution < -0.4 is 10.1 Å². The van der Waals surface area contributed by atoms with E-state index in [0.29, 0.717) is 19.6 Å². The highest BCUT2D eigenvalue weighted by atomic mass is 16.5. The third-order valence-electron chi connectivity index (χ3n) is 6.56. The first-order valence-corrected chi connectivity index (χ1v) is 13.1. The van der Waals surface area contributed by atoms with Gasteiger partial charge in [-0.2, -0.15) is 5.10 Å². The quantitative estimate of drug-likeness (QED) is 0.267. The maximum atomic E-state index is 11.9. The van der Waals surface area contributed by atoms with Crippen LogP contribution in [-0.2, 0) is 22.7 Å². The smallest absolute Gasteiger partial charge is 0.407 e. The molecular formula is C30H33N3O5. The van der Waals surface area contributed by atoms with Crippen molar-refractivity contribution in [2.75, 3.05) is 19.8 Å². The monoisotopic (exact) mass is 515 g/mol. The van der Waals surface area contributed by atoms with E-state index in [1.165, 1.54) is 0 Å². The summed E-state index contributed by atoms with van der Waals surface area (Å²) in [6.45, 7) is 1.84. The minimum absolute atomic E-state index is 0.0274. The molecule has 0 spiro atoms. The number of aliphatic hydroxyl groups excluding tert-OH is 1. The van der Waals surface area contributed by atoms with Gasteiger partial charge in [0.2, 0.25) is 0 Å². The zero-order valence-corrected chi connectivity index (χ0v) is 21.3. The lowest BCUT2D eigenvalue weighted by atomic mass is 10.1. The fraction of sp³-hybridized carbons (Fsp3) is 0.333. The highest BCUT2D eigenvalue weighted by Crippen LogP contribution is 2.35. The molecule has 1 amide bonds. The van der Waals surface area contributed by atoms with E-state index in [1.807, 2.05) is 77.5 Å². The molecule has 0 bridgehead atoms. The summed E-state index contributed by atoms with van der Waals surface area (Å²) in [5, 5.41) is 18.3. The molecule has 0 aliphatic carbocycles. The summed E-state index contributed by atoms with van der Waals surface area (Å²) in [7, 11) is 0. The van der Waals surface area contributed by atoms with Crippen LogP contribution in [0.15, 0.2) is 72.8 Å². The van der Waals surface area contributed by atoms with E-state index in [4.69, 9.17) is 19.3 Å². The lowest BCUT2D eigenvalue weighted by molar-refractivity contribution is -0.0365. The lowest BCUT2D eigenvalue weighted by Gasteiger charge is -2.23. The number of nitrogens with one attached hydrogen (secondary N) is 1. The van der Waals surface area contributed by atoms with E-state index >= 15 is 0 Å². The van der Waals surface area contributed by atoms with E-state index in [0.717, 1.165) is 64.9 Å². The molecule has 4 aromatic rings. The Kier molecular flexibility index (Phi) is 8.53. The number of hydrogen-bond acceptors (Lipinski definition) is 6. The van der Waals surface area contributed by atoms with Crippen LogP contribution in [-0.4, -0.2) is 40.7 Å². The molecule has 1 unspecified atom stereocenters. The van der Waals surface area contributed by atoms with Gasteiger partial charge < -0.3 is 24.6 Å². The largest absolute Gasteiger partial charge is 0.494 e. The van der Waals surface area contributed by atoms with Crippen LogP contribution in [0.1, 0.15) is 43.0 Å². The number of carbonyl (C=O) groups is 1. The van der Waals surface area contributed by atoms with Gasteiger partial charge in [0.25, 0.3) is 0 Å². The predicted octanol–water partition coefficient (Wildman–Crippen LogP) is 5.59. The van der Waals surface area contributed by atoms with Crippen molar-refractivity contribution < 1.29 is 24.1 Å². The third-order valence-corrected chi connectivity index (χ3v) is 6.56. The Bertz CT molecular complexity index is 1350. The Hall–Kier alpha value is -3.88. The molecule has 38 heavy (non-hydrogen) atoms. The third kappa shape index (κ3) is 6.33. The highest BCUT2D eigenvalue weighted by Gasteiger charge is 2.22. The number of aliphatic hydroxyl groups is 1. The number of aromatic nitrogens is 2. The molecule has 2 N–H and O–H groups in total. The average Bonchev–Trinajstić information content (AvgIpc) is 3.36. The van der Waals surface area contributed by atoms with Gasteiger partial charge in [-0.3, -0.25) is 0 Å². The molecule has 0 saturated carbocycles. The summed E-state index contributed by atoms with van der Waals surface area (Å²) < 4.78 is 19.3. The Labute approximate surface area is 222 Å². The van der Waals surface area contributed by atoms with Crippen LogP contribution in [0.4, 0.5) is 4.79 Å². The SMILES string of the molecule is O=C(NCCCOc1ccc2c(c1)c(-c1cccc(CO)c1)nn2C1CCCCO1)OCc1ccccc1. The first-order valence-electron chi connectivity index (χ1n) is 13.1. The van der Waals surface area contributed by atoms with Gasteiger partial charge in [0.05, 0.1) is 18.7 Å². The maximum absolute atomic E-state index is 11.9.